The highest BCUT2D eigenvalue weighted by Crippen LogP contribution is 2.13. The fourth-order valence-corrected chi connectivity index (χ4v) is 1.97. The van der Waals surface area contributed by atoms with Crippen LogP contribution in [0.1, 0.15) is 37.6 Å². The summed E-state index contributed by atoms with van der Waals surface area (Å²) in [5, 5.41) is 9.90. The average molecular weight is 279 g/mol. The van der Waals surface area contributed by atoms with Gasteiger partial charge in [-0.25, -0.2) is 0 Å². The van der Waals surface area contributed by atoms with Crippen molar-refractivity contribution in [3.05, 3.63) is 29.8 Å². The number of hydrogen-bond acceptors (Lipinski definition) is 4. The molecule has 4 nitrogen and oxygen atoms in total. The van der Waals surface area contributed by atoms with Crippen molar-refractivity contribution in [2.75, 3.05) is 26.2 Å². The van der Waals surface area contributed by atoms with Crippen LogP contribution in [0.25, 0.3) is 0 Å². The van der Waals surface area contributed by atoms with E-state index in [0.29, 0.717) is 24.3 Å². The normalized spacial score (nSPS) is 12.4. The van der Waals surface area contributed by atoms with Crippen molar-refractivity contribution >= 4 is 5.78 Å². The molecule has 0 amide bonds. The van der Waals surface area contributed by atoms with Gasteiger partial charge in [-0.1, -0.05) is 20.8 Å². The summed E-state index contributed by atoms with van der Waals surface area (Å²) in [7, 11) is 0. The lowest BCUT2D eigenvalue weighted by Crippen LogP contribution is -2.35. The van der Waals surface area contributed by atoms with E-state index >= 15 is 0 Å². The Kier molecular flexibility index (Phi) is 7.26. The van der Waals surface area contributed by atoms with E-state index in [2.05, 4.69) is 18.7 Å². The third kappa shape index (κ3) is 5.31. The number of nitrogens with zero attached hydrogens (tertiary/aromatic N) is 1. The van der Waals surface area contributed by atoms with Crippen LogP contribution >= 0.6 is 0 Å². The lowest BCUT2D eigenvalue weighted by molar-refractivity contribution is 0.0716. The molecule has 112 valence electrons. The minimum Gasteiger partial charge on any atom is -0.491 e. The molecule has 1 atom stereocenters. The van der Waals surface area contributed by atoms with Crippen LogP contribution in [0.4, 0.5) is 0 Å². The molecule has 0 spiro atoms. The number of ketones is 1. The van der Waals surface area contributed by atoms with Crippen molar-refractivity contribution in [3.63, 3.8) is 0 Å². The lowest BCUT2D eigenvalue weighted by atomic mass is 10.1. The molecule has 0 fully saturated rings. The van der Waals surface area contributed by atoms with Gasteiger partial charge in [0.2, 0.25) is 0 Å². The first kappa shape index (κ1) is 16.7. The lowest BCUT2D eigenvalue weighted by Gasteiger charge is -2.21. The second kappa shape index (κ2) is 8.72. The van der Waals surface area contributed by atoms with E-state index in [1.54, 1.807) is 24.3 Å². The van der Waals surface area contributed by atoms with Gasteiger partial charge in [0.1, 0.15) is 18.5 Å². The standard InChI is InChI=1S/C16H25NO3/c1-4-16(19)13-7-9-15(10-8-13)20-12-14(18)11-17(5-2)6-3/h7-10,14,18H,4-6,11-12H2,1-3H3. The number of ether oxygens (including phenoxy) is 1. The average Bonchev–Trinajstić information content (AvgIpc) is 2.50. The molecule has 1 aromatic rings. The molecule has 0 heterocycles. The van der Waals surface area contributed by atoms with Crippen molar-refractivity contribution in [1.82, 2.24) is 4.90 Å². The van der Waals surface area contributed by atoms with Crippen molar-refractivity contribution in [1.29, 1.82) is 0 Å². The number of rotatable bonds is 9. The molecule has 0 radical (unpaired) electrons. The van der Waals surface area contributed by atoms with Crippen LogP contribution in [-0.4, -0.2) is 48.1 Å². The number of carbonyl (C=O) groups is 1. The highest BCUT2D eigenvalue weighted by molar-refractivity contribution is 5.95. The summed E-state index contributed by atoms with van der Waals surface area (Å²) < 4.78 is 5.54. The smallest absolute Gasteiger partial charge is 0.162 e. The van der Waals surface area contributed by atoms with E-state index in [-0.39, 0.29) is 12.4 Å². The second-order valence-corrected chi connectivity index (χ2v) is 4.75. The number of Topliss-reactive ketones (excluding diaryl/α,β-unsaturated/α-hetero) is 1. The van der Waals surface area contributed by atoms with Gasteiger partial charge in [0.25, 0.3) is 0 Å². The number of benzene rings is 1. The van der Waals surface area contributed by atoms with Gasteiger partial charge in [-0.3, -0.25) is 4.79 Å². The Bertz CT molecular complexity index is 399. The van der Waals surface area contributed by atoms with Crippen LogP contribution in [0.15, 0.2) is 24.3 Å². The van der Waals surface area contributed by atoms with Gasteiger partial charge in [0.05, 0.1) is 0 Å². The second-order valence-electron chi connectivity index (χ2n) is 4.75. The zero-order chi connectivity index (χ0) is 15.0. The van der Waals surface area contributed by atoms with Gasteiger partial charge in [0, 0.05) is 18.5 Å². The Morgan fingerprint density at radius 1 is 1.20 bits per heavy atom. The molecule has 0 saturated carbocycles. The zero-order valence-electron chi connectivity index (χ0n) is 12.6. The first-order valence-corrected chi connectivity index (χ1v) is 7.27. The van der Waals surface area contributed by atoms with Gasteiger partial charge in [-0.15, -0.1) is 0 Å². The monoisotopic (exact) mass is 279 g/mol. The number of hydrogen-bond donors (Lipinski definition) is 1. The summed E-state index contributed by atoms with van der Waals surface area (Å²) in [6, 6.07) is 7.07. The van der Waals surface area contributed by atoms with Crippen LogP contribution in [0.2, 0.25) is 0 Å². The topological polar surface area (TPSA) is 49.8 Å². The van der Waals surface area contributed by atoms with Gasteiger partial charge in [0.15, 0.2) is 5.78 Å². The highest BCUT2D eigenvalue weighted by atomic mass is 16.5. The van der Waals surface area contributed by atoms with E-state index in [1.165, 1.54) is 0 Å². The minimum absolute atomic E-state index is 0.123. The maximum absolute atomic E-state index is 11.5. The quantitative estimate of drug-likeness (QED) is 0.705. The van der Waals surface area contributed by atoms with Crippen LogP contribution in [0.3, 0.4) is 0 Å². The molecule has 0 aliphatic rings. The van der Waals surface area contributed by atoms with Crippen LogP contribution in [-0.2, 0) is 0 Å². The van der Waals surface area contributed by atoms with Crippen molar-refractivity contribution < 1.29 is 14.6 Å². The van der Waals surface area contributed by atoms with E-state index in [0.717, 1.165) is 13.1 Å². The third-order valence-corrected chi connectivity index (χ3v) is 3.30. The highest BCUT2D eigenvalue weighted by Gasteiger charge is 2.10. The molecule has 1 unspecified atom stereocenters. The van der Waals surface area contributed by atoms with Gasteiger partial charge in [-0.05, 0) is 37.4 Å². The Hall–Kier alpha value is -1.39. The van der Waals surface area contributed by atoms with E-state index in [9.17, 15) is 9.90 Å². The summed E-state index contributed by atoms with van der Waals surface area (Å²) in [4.78, 5) is 13.6. The summed E-state index contributed by atoms with van der Waals surface area (Å²) in [6.07, 6.45) is -0.00478. The number of carbonyl (C=O) groups excluding carboxylic acids is 1. The molecular weight excluding hydrogens is 254 g/mol. The summed E-state index contributed by atoms with van der Waals surface area (Å²) in [5.74, 6) is 0.800. The Morgan fingerprint density at radius 2 is 1.80 bits per heavy atom. The van der Waals surface area contributed by atoms with E-state index in [4.69, 9.17) is 4.74 Å². The Balaban J connectivity index is 2.43. The Morgan fingerprint density at radius 3 is 2.30 bits per heavy atom. The Labute approximate surface area is 121 Å². The molecule has 0 bridgehead atoms. The van der Waals surface area contributed by atoms with E-state index in [1.807, 2.05) is 6.92 Å². The third-order valence-electron chi connectivity index (χ3n) is 3.30. The largest absolute Gasteiger partial charge is 0.491 e. The number of likely N-dealkylation sites (N-methyl/N-ethyl adjacent to an activating group) is 1. The molecule has 1 rings (SSSR count). The maximum Gasteiger partial charge on any atom is 0.162 e. The molecule has 20 heavy (non-hydrogen) atoms. The SMILES string of the molecule is CCC(=O)c1ccc(OCC(O)CN(CC)CC)cc1. The molecule has 0 saturated heterocycles. The first-order valence-electron chi connectivity index (χ1n) is 7.27. The fraction of sp³-hybridized carbons (Fsp3) is 0.562. The van der Waals surface area contributed by atoms with Gasteiger partial charge in [-0.2, -0.15) is 0 Å². The van der Waals surface area contributed by atoms with Gasteiger partial charge >= 0.3 is 0 Å². The molecule has 0 aliphatic carbocycles. The van der Waals surface area contributed by atoms with Crippen molar-refractivity contribution in [2.24, 2.45) is 0 Å². The summed E-state index contributed by atoms with van der Waals surface area (Å²) in [6.45, 7) is 8.69. The molecular formula is C16H25NO3. The maximum atomic E-state index is 11.5. The van der Waals surface area contributed by atoms with Crippen LogP contribution in [0, 0.1) is 0 Å². The predicted octanol–water partition coefficient (Wildman–Crippen LogP) is 2.36. The first-order chi connectivity index (χ1) is 9.60. The molecule has 1 N–H and O–H groups in total. The van der Waals surface area contributed by atoms with E-state index < -0.39 is 6.10 Å². The zero-order valence-corrected chi connectivity index (χ0v) is 12.6. The number of aliphatic hydroxyl groups is 1. The molecule has 4 heteroatoms. The van der Waals surface area contributed by atoms with Crippen molar-refractivity contribution in [3.8, 4) is 5.75 Å². The molecule has 1 aromatic carbocycles. The minimum atomic E-state index is -0.508. The van der Waals surface area contributed by atoms with Crippen molar-refractivity contribution in [2.45, 2.75) is 33.3 Å². The molecule has 0 aliphatic heterocycles. The van der Waals surface area contributed by atoms with Crippen LogP contribution in [0.5, 0.6) is 5.75 Å². The molecule has 0 aromatic heterocycles. The fourth-order valence-electron chi connectivity index (χ4n) is 1.97. The summed E-state index contributed by atoms with van der Waals surface area (Å²) >= 11 is 0. The van der Waals surface area contributed by atoms with Gasteiger partial charge < -0.3 is 14.7 Å². The summed E-state index contributed by atoms with van der Waals surface area (Å²) in [5.41, 5.74) is 0.698. The van der Waals surface area contributed by atoms with Crippen LogP contribution < -0.4 is 4.74 Å². The number of aliphatic hydroxyl groups excluding tert-OH is 1. The predicted molar refractivity (Wildman–Crippen MR) is 80.4 cm³/mol.